The molecule has 138 valence electrons. The van der Waals surface area contributed by atoms with E-state index in [1.54, 1.807) is 30.5 Å². The Morgan fingerprint density at radius 1 is 1.22 bits per heavy atom. The molecule has 0 saturated carbocycles. The summed E-state index contributed by atoms with van der Waals surface area (Å²) >= 11 is 3.63. The Hall–Kier alpha value is -1.98. The second kappa shape index (κ2) is 6.88. The summed E-state index contributed by atoms with van der Waals surface area (Å²) in [5.74, 6) is 0. The molecule has 0 radical (unpaired) electrons. The molecular formula is C18H15IN4O2S2. The number of thiophene rings is 1. The van der Waals surface area contributed by atoms with Crippen LogP contribution in [0.4, 0.5) is 5.69 Å². The largest absolute Gasteiger partial charge is 0.285 e. The van der Waals surface area contributed by atoms with Crippen LogP contribution in [0.25, 0.3) is 20.7 Å². The van der Waals surface area contributed by atoms with E-state index in [4.69, 9.17) is 0 Å². The average Bonchev–Trinajstić information content (AvgIpc) is 3.22. The van der Waals surface area contributed by atoms with Gasteiger partial charge in [0, 0.05) is 31.3 Å². The van der Waals surface area contributed by atoms with Gasteiger partial charge in [-0.25, -0.2) is 13.4 Å². The van der Waals surface area contributed by atoms with Gasteiger partial charge in [0.15, 0.2) is 0 Å². The number of pyridine rings is 1. The third-order valence-corrected chi connectivity index (χ3v) is 7.41. The standard InChI is InChI=1S/C18H15IN4O2S2/c1-10-6-15(23-27(24,25)14-5-3-4-13(19)7-14)16-11(2)17(26-18(16)22-10)12-8-20-21-9-12/h3-9H,1-2H3,(H,20,21)(H,22,23). The van der Waals surface area contributed by atoms with E-state index < -0.39 is 10.0 Å². The molecule has 3 heterocycles. The Morgan fingerprint density at radius 2 is 2.04 bits per heavy atom. The number of hydrogen-bond acceptors (Lipinski definition) is 5. The lowest BCUT2D eigenvalue weighted by Crippen LogP contribution is -2.13. The number of H-pyrrole nitrogens is 1. The fourth-order valence-corrected chi connectivity index (χ4v) is 6.03. The number of aryl methyl sites for hydroxylation is 2. The summed E-state index contributed by atoms with van der Waals surface area (Å²) in [6, 6.07) is 8.59. The van der Waals surface area contributed by atoms with E-state index in [1.807, 2.05) is 26.1 Å². The van der Waals surface area contributed by atoms with Crippen molar-refractivity contribution in [2.75, 3.05) is 4.72 Å². The predicted octanol–water partition coefficient (Wildman–Crippen LogP) is 4.71. The fourth-order valence-electron chi connectivity index (χ4n) is 2.94. The minimum absolute atomic E-state index is 0.236. The van der Waals surface area contributed by atoms with Crippen molar-refractivity contribution in [3.8, 4) is 10.4 Å². The molecule has 0 fully saturated rings. The molecule has 1 aromatic carbocycles. The maximum Gasteiger partial charge on any atom is 0.261 e. The number of hydrogen-bond donors (Lipinski definition) is 2. The second-order valence-corrected chi connectivity index (χ2v) is 10.0. The van der Waals surface area contributed by atoms with Crippen LogP contribution < -0.4 is 4.72 Å². The van der Waals surface area contributed by atoms with Gasteiger partial charge < -0.3 is 0 Å². The quantitative estimate of drug-likeness (QED) is 0.390. The molecular weight excluding hydrogens is 495 g/mol. The van der Waals surface area contributed by atoms with Crippen molar-refractivity contribution >= 4 is 59.9 Å². The van der Waals surface area contributed by atoms with Crippen molar-refractivity contribution in [3.63, 3.8) is 0 Å². The number of aromatic amines is 1. The van der Waals surface area contributed by atoms with Gasteiger partial charge in [-0.2, -0.15) is 5.10 Å². The zero-order valence-corrected chi connectivity index (χ0v) is 18.2. The summed E-state index contributed by atoms with van der Waals surface area (Å²) in [4.78, 5) is 6.65. The molecule has 4 rings (SSSR count). The first-order valence-electron chi connectivity index (χ1n) is 8.03. The zero-order chi connectivity index (χ0) is 19.2. The molecule has 27 heavy (non-hydrogen) atoms. The fraction of sp³-hybridized carbons (Fsp3) is 0.111. The highest BCUT2D eigenvalue weighted by Gasteiger charge is 2.20. The van der Waals surface area contributed by atoms with Crippen LogP contribution in [-0.2, 0) is 10.0 Å². The first kappa shape index (κ1) is 18.4. The molecule has 2 N–H and O–H groups in total. The van der Waals surface area contributed by atoms with Gasteiger partial charge in [0.1, 0.15) is 4.83 Å². The lowest BCUT2D eigenvalue weighted by atomic mass is 10.1. The van der Waals surface area contributed by atoms with E-state index in [2.05, 4.69) is 42.5 Å². The number of benzene rings is 1. The number of nitrogens with zero attached hydrogens (tertiary/aromatic N) is 2. The minimum Gasteiger partial charge on any atom is -0.285 e. The number of fused-ring (bicyclic) bond motifs is 1. The van der Waals surface area contributed by atoms with Gasteiger partial charge in [0.25, 0.3) is 10.0 Å². The van der Waals surface area contributed by atoms with Crippen molar-refractivity contribution in [2.45, 2.75) is 18.7 Å². The molecule has 0 unspecified atom stereocenters. The number of nitrogens with one attached hydrogen (secondary N) is 2. The van der Waals surface area contributed by atoms with Gasteiger partial charge in [-0.15, -0.1) is 11.3 Å². The smallest absolute Gasteiger partial charge is 0.261 e. The van der Waals surface area contributed by atoms with Crippen LogP contribution in [0, 0.1) is 17.4 Å². The Kier molecular flexibility index (Phi) is 4.68. The van der Waals surface area contributed by atoms with E-state index in [-0.39, 0.29) is 4.90 Å². The highest BCUT2D eigenvalue weighted by Crippen LogP contribution is 2.41. The first-order valence-corrected chi connectivity index (χ1v) is 11.4. The molecule has 0 aliphatic carbocycles. The molecule has 6 nitrogen and oxygen atoms in total. The van der Waals surface area contributed by atoms with Crippen LogP contribution in [0.3, 0.4) is 0 Å². The molecule has 0 spiro atoms. The SMILES string of the molecule is Cc1cc(NS(=O)(=O)c2cccc(I)c2)c2c(C)c(-c3cn[nH]c3)sc2n1. The number of aromatic nitrogens is 3. The molecule has 0 aliphatic rings. The zero-order valence-electron chi connectivity index (χ0n) is 14.4. The van der Waals surface area contributed by atoms with Crippen LogP contribution in [-0.4, -0.2) is 23.6 Å². The van der Waals surface area contributed by atoms with Crippen molar-refractivity contribution in [3.05, 3.63) is 57.6 Å². The van der Waals surface area contributed by atoms with Crippen molar-refractivity contribution in [2.24, 2.45) is 0 Å². The molecule has 0 bridgehead atoms. The van der Waals surface area contributed by atoms with Crippen LogP contribution >= 0.6 is 33.9 Å². The number of rotatable bonds is 4. The molecule has 0 amide bonds. The summed E-state index contributed by atoms with van der Waals surface area (Å²) in [6.07, 6.45) is 3.57. The number of halogens is 1. The normalized spacial score (nSPS) is 11.8. The van der Waals surface area contributed by atoms with E-state index in [9.17, 15) is 8.42 Å². The second-order valence-electron chi connectivity index (χ2n) is 6.10. The Balaban J connectivity index is 1.87. The summed E-state index contributed by atoms with van der Waals surface area (Å²) in [7, 11) is -3.70. The average molecular weight is 510 g/mol. The minimum atomic E-state index is -3.70. The first-order chi connectivity index (χ1) is 12.8. The van der Waals surface area contributed by atoms with Gasteiger partial charge in [0.05, 0.1) is 16.8 Å². The predicted molar refractivity (Wildman–Crippen MR) is 117 cm³/mol. The maximum absolute atomic E-state index is 12.9. The Labute approximate surface area is 174 Å². The van der Waals surface area contributed by atoms with E-state index in [0.717, 1.165) is 35.5 Å². The summed E-state index contributed by atoms with van der Waals surface area (Å²) < 4.78 is 29.4. The number of sulfonamides is 1. The Morgan fingerprint density at radius 3 is 2.74 bits per heavy atom. The molecule has 3 aromatic heterocycles. The highest BCUT2D eigenvalue weighted by molar-refractivity contribution is 14.1. The van der Waals surface area contributed by atoms with Crippen LogP contribution in [0.1, 0.15) is 11.3 Å². The van der Waals surface area contributed by atoms with Gasteiger partial charge in [-0.3, -0.25) is 9.82 Å². The maximum atomic E-state index is 12.9. The van der Waals surface area contributed by atoms with Crippen LogP contribution in [0.15, 0.2) is 47.6 Å². The monoisotopic (exact) mass is 510 g/mol. The molecule has 0 atom stereocenters. The van der Waals surface area contributed by atoms with Gasteiger partial charge >= 0.3 is 0 Å². The van der Waals surface area contributed by atoms with Crippen LogP contribution in [0.2, 0.25) is 0 Å². The summed E-state index contributed by atoms with van der Waals surface area (Å²) in [6.45, 7) is 3.83. The third kappa shape index (κ3) is 3.46. The summed E-state index contributed by atoms with van der Waals surface area (Å²) in [5, 5.41) is 7.64. The van der Waals surface area contributed by atoms with Crippen molar-refractivity contribution < 1.29 is 8.42 Å². The van der Waals surface area contributed by atoms with Crippen LogP contribution in [0.5, 0.6) is 0 Å². The number of anilines is 1. The third-order valence-electron chi connectivity index (χ3n) is 4.14. The van der Waals surface area contributed by atoms with Crippen molar-refractivity contribution in [1.29, 1.82) is 0 Å². The van der Waals surface area contributed by atoms with Gasteiger partial charge in [-0.1, -0.05) is 6.07 Å². The highest BCUT2D eigenvalue weighted by atomic mass is 127. The summed E-state index contributed by atoms with van der Waals surface area (Å²) in [5.41, 5.74) is 3.23. The molecule has 9 heteroatoms. The molecule has 0 saturated heterocycles. The van der Waals surface area contributed by atoms with Gasteiger partial charge in [0.2, 0.25) is 0 Å². The lowest BCUT2D eigenvalue weighted by Gasteiger charge is -2.11. The lowest BCUT2D eigenvalue weighted by molar-refractivity contribution is 0.601. The molecule has 4 aromatic rings. The van der Waals surface area contributed by atoms with Gasteiger partial charge in [-0.05, 0) is 66.3 Å². The van der Waals surface area contributed by atoms with E-state index in [1.165, 1.54) is 11.3 Å². The topological polar surface area (TPSA) is 87.7 Å². The Bertz CT molecular complexity index is 1250. The van der Waals surface area contributed by atoms with Crippen molar-refractivity contribution in [1.82, 2.24) is 15.2 Å². The van der Waals surface area contributed by atoms with E-state index >= 15 is 0 Å². The molecule has 0 aliphatic heterocycles. The van der Waals surface area contributed by atoms with E-state index in [0.29, 0.717) is 5.69 Å².